The smallest absolute Gasteiger partial charge is 0.247 e. The second kappa shape index (κ2) is 12.3. The molecule has 1 saturated carbocycles. The summed E-state index contributed by atoms with van der Waals surface area (Å²) in [5.74, 6) is -0.806. The Morgan fingerprint density at radius 3 is 2.42 bits per heavy atom. The van der Waals surface area contributed by atoms with Crippen LogP contribution in [0.5, 0.6) is 5.75 Å². The molecule has 0 aliphatic heterocycles. The Morgan fingerprint density at radius 1 is 1.03 bits per heavy atom. The molecule has 3 amide bonds. The van der Waals surface area contributed by atoms with Gasteiger partial charge in [0.1, 0.15) is 11.8 Å². The average Bonchev–Trinajstić information content (AvgIpc) is 3.58. The number of aromatic nitrogens is 1. The maximum atomic E-state index is 13.6. The van der Waals surface area contributed by atoms with Gasteiger partial charge >= 0.3 is 0 Å². The van der Waals surface area contributed by atoms with Crippen molar-refractivity contribution in [3.05, 3.63) is 77.3 Å². The molecule has 8 nitrogen and oxygen atoms in total. The molecular weight excluding hydrogens is 476 g/mol. The molecule has 0 saturated heterocycles. The van der Waals surface area contributed by atoms with Crippen molar-refractivity contribution in [3.63, 3.8) is 0 Å². The number of hydrogen-bond donors (Lipinski definition) is 3. The highest BCUT2D eigenvalue weighted by molar-refractivity contribution is 7.13. The second-order valence-electron chi connectivity index (χ2n) is 8.88. The fourth-order valence-corrected chi connectivity index (χ4v) is 4.96. The summed E-state index contributed by atoms with van der Waals surface area (Å²) in [5, 5.41) is 17.9. The van der Waals surface area contributed by atoms with Crippen molar-refractivity contribution < 1.29 is 19.5 Å². The predicted molar refractivity (Wildman–Crippen MR) is 138 cm³/mol. The number of phenolic OH excluding ortho intramolecular Hbond substituents is 1. The van der Waals surface area contributed by atoms with E-state index in [-0.39, 0.29) is 48.9 Å². The van der Waals surface area contributed by atoms with Gasteiger partial charge in [0.2, 0.25) is 17.7 Å². The Labute approximate surface area is 214 Å². The van der Waals surface area contributed by atoms with Crippen molar-refractivity contribution in [2.24, 2.45) is 0 Å². The second-order valence-corrected chi connectivity index (χ2v) is 9.77. The highest BCUT2D eigenvalue weighted by atomic mass is 32.1. The topological polar surface area (TPSA) is 112 Å². The average molecular weight is 507 g/mol. The SMILES string of the molecule is O=C(CCC(=O)N(Cc1ccccc1)[C@@H](C(=O)NC1CCCC1)c1ccc(O)cc1)Nc1nccs1. The molecular formula is C27H30N4O4S. The van der Waals surface area contributed by atoms with Crippen LogP contribution in [0.15, 0.2) is 66.2 Å². The standard InChI is InChI=1S/C27H30N4O4S/c32-22-12-10-20(11-13-22)25(26(35)29-21-8-4-5-9-21)31(18-19-6-2-1-3-7-19)24(34)15-14-23(33)30-27-28-16-17-36-27/h1-3,6-7,10-13,16-17,21,25,32H,4-5,8-9,14-15,18H2,(H,29,35)(H,28,30,33)/t25-/m1/s1. The van der Waals surface area contributed by atoms with E-state index in [0.29, 0.717) is 10.7 Å². The third-order valence-corrected chi connectivity index (χ3v) is 6.92. The van der Waals surface area contributed by atoms with Crippen LogP contribution in [0.3, 0.4) is 0 Å². The molecule has 188 valence electrons. The number of rotatable bonds is 10. The van der Waals surface area contributed by atoms with Gasteiger partial charge in [-0.15, -0.1) is 11.3 Å². The molecule has 9 heteroatoms. The van der Waals surface area contributed by atoms with Crippen LogP contribution in [-0.2, 0) is 20.9 Å². The number of aromatic hydroxyl groups is 1. The lowest BCUT2D eigenvalue weighted by molar-refractivity contribution is -0.142. The van der Waals surface area contributed by atoms with Crippen LogP contribution >= 0.6 is 11.3 Å². The van der Waals surface area contributed by atoms with Crippen LogP contribution in [0.25, 0.3) is 0 Å². The summed E-state index contributed by atoms with van der Waals surface area (Å²) in [6, 6.07) is 15.0. The fraction of sp³-hybridized carbons (Fsp3) is 0.333. The van der Waals surface area contributed by atoms with Gasteiger partial charge in [0.15, 0.2) is 5.13 Å². The van der Waals surface area contributed by atoms with Crippen LogP contribution in [0, 0.1) is 0 Å². The van der Waals surface area contributed by atoms with E-state index in [4.69, 9.17) is 0 Å². The van der Waals surface area contributed by atoms with Crippen molar-refractivity contribution >= 4 is 34.2 Å². The third-order valence-electron chi connectivity index (χ3n) is 6.23. The maximum absolute atomic E-state index is 13.6. The van der Waals surface area contributed by atoms with E-state index < -0.39 is 6.04 Å². The molecule has 1 aliphatic carbocycles. The number of carbonyl (C=O) groups is 3. The van der Waals surface area contributed by atoms with Crippen LogP contribution < -0.4 is 10.6 Å². The van der Waals surface area contributed by atoms with Crippen LogP contribution in [0.4, 0.5) is 5.13 Å². The van der Waals surface area contributed by atoms with E-state index >= 15 is 0 Å². The maximum Gasteiger partial charge on any atom is 0.247 e. The minimum atomic E-state index is -0.902. The summed E-state index contributed by atoms with van der Waals surface area (Å²) in [4.78, 5) is 45.2. The van der Waals surface area contributed by atoms with Gasteiger partial charge in [-0.1, -0.05) is 55.3 Å². The molecule has 4 rings (SSSR count). The van der Waals surface area contributed by atoms with Gasteiger partial charge < -0.3 is 20.6 Å². The van der Waals surface area contributed by atoms with Crippen molar-refractivity contribution in [2.75, 3.05) is 5.32 Å². The molecule has 0 spiro atoms. The minimum Gasteiger partial charge on any atom is -0.508 e. The Morgan fingerprint density at radius 2 is 1.75 bits per heavy atom. The monoisotopic (exact) mass is 506 g/mol. The number of amides is 3. The van der Waals surface area contributed by atoms with E-state index in [9.17, 15) is 19.5 Å². The Kier molecular flexibility index (Phi) is 8.67. The lowest BCUT2D eigenvalue weighted by Gasteiger charge is -2.32. The molecule has 36 heavy (non-hydrogen) atoms. The zero-order valence-electron chi connectivity index (χ0n) is 19.9. The largest absolute Gasteiger partial charge is 0.508 e. The first-order chi connectivity index (χ1) is 17.5. The third kappa shape index (κ3) is 6.91. The van der Waals surface area contributed by atoms with E-state index in [2.05, 4.69) is 15.6 Å². The van der Waals surface area contributed by atoms with Crippen molar-refractivity contribution in [2.45, 2.75) is 57.2 Å². The molecule has 0 bridgehead atoms. The normalized spacial score (nSPS) is 14.2. The van der Waals surface area contributed by atoms with Gasteiger partial charge in [0.05, 0.1) is 0 Å². The first-order valence-electron chi connectivity index (χ1n) is 12.1. The molecule has 1 heterocycles. The number of nitrogens with zero attached hydrogens (tertiary/aromatic N) is 2. The summed E-state index contributed by atoms with van der Waals surface area (Å²) >= 11 is 1.30. The van der Waals surface area contributed by atoms with E-state index in [1.165, 1.54) is 28.4 Å². The number of nitrogens with one attached hydrogen (secondary N) is 2. The lowest BCUT2D eigenvalue weighted by Crippen LogP contribution is -2.46. The highest BCUT2D eigenvalue weighted by Crippen LogP contribution is 2.28. The zero-order chi connectivity index (χ0) is 25.3. The van der Waals surface area contributed by atoms with Gasteiger partial charge in [0, 0.05) is 37.0 Å². The molecule has 1 atom stereocenters. The summed E-state index contributed by atoms with van der Waals surface area (Å²) in [7, 11) is 0. The van der Waals surface area contributed by atoms with Crippen LogP contribution in [-0.4, -0.2) is 38.8 Å². The van der Waals surface area contributed by atoms with Gasteiger partial charge in [-0.25, -0.2) is 4.98 Å². The van der Waals surface area contributed by atoms with Gasteiger partial charge in [-0.05, 0) is 36.1 Å². The van der Waals surface area contributed by atoms with Crippen LogP contribution in [0.1, 0.15) is 55.7 Å². The molecule has 1 aliphatic rings. The number of phenols is 1. The molecule has 3 N–H and O–H groups in total. The molecule has 1 fully saturated rings. The highest BCUT2D eigenvalue weighted by Gasteiger charge is 2.33. The van der Waals surface area contributed by atoms with E-state index in [1.807, 2.05) is 30.3 Å². The van der Waals surface area contributed by atoms with Crippen molar-refractivity contribution in [1.29, 1.82) is 0 Å². The minimum absolute atomic E-state index is 0.0315. The number of hydrogen-bond acceptors (Lipinski definition) is 6. The first-order valence-corrected chi connectivity index (χ1v) is 13.0. The summed E-state index contributed by atoms with van der Waals surface area (Å²) in [6.45, 7) is 0.206. The molecule has 2 aromatic carbocycles. The van der Waals surface area contributed by atoms with E-state index in [1.54, 1.807) is 23.7 Å². The molecule has 0 radical (unpaired) electrons. The van der Waals surface area contributed by atoms with Crippen LogP contribution in [0.2, 0.25) is 0 Å². The zero-order valence-corrected chi connectivity index (χ0v) is 20.7. The quantitative estimate of drug-likeness (QED) is 0.377. The Hall–Kier alpha value is -3.72. The Balaban J connectivity index is 1.58. The van der Waals surface area contributed by atoms with Gasteiger partial charge in [-0.3, -0.25) is 14.4 Å². The number of thiazole rings is 1. The van der Waals surface area contributed by atoms with Crippen molar-refractivity contribution in [3.8, 4) is 5.75 Å². The van der Waals surface area contributed by atoms with Crippen molar-refractivity contribution in [1.82, 2.24) is 15.2 Å². The predicted octanol–water partition coefficient (Wildman–Crippen LogP) is 4.40. The summed E-state index contributed by atoms with van der Waals surface area (Å²) < 4.78 is 0. The van der Waals surface area contributed by atoms with Gasteiger partial charge in [0.25, 0.3) is 0 Å². The summed E-state index contributed by atoms with van der Waals surface area (Å²) in [5.41, 5.74) is 1.47. The van der Waals surface area contributed by atoms with Gasteiger partial charge in [-0.2, -0.15) is 0 Å². The number of benzene rings is 2. The fourth-order valence-electron chi connectivity index (χ4n) is 4.41. The number of anilines is 1. The molecule has 1 aromatic heterocycles. The first kappa shape index (κ1) is 25.4. The molecule has 3 aromatic rings. The van der Waals surface area contributed by atoms with E-state index in [0.717, 1.165) is 31.2 Å². The summed E-state index contributed by atoms with van der Waals surface area (Å²) in [6.07, 6.45) is 5.46. The molecule has 0 unspecified atom stereocenters. The number of carbonyl (C=O) groups excluding carboxylic acids is 3. The lowest BCUT2D eigenvalue weighted by atomic mass is 10.0. The Bertz CT molecular complexity index is 1150.